The second-order valence-electron chi connectivity index (χ2n) is 5.41. The van der Waals surface area contributed by atoms with Crippen molar-refractivity contribution in [3.63, 3.8) is 0 Å². The first-order valence-electron chi connectivity index (χ1n) is 7.51. The largest absolute Gasteiger partial charge is 0.332 e. The Labute approximate surface area is 130 Å². The smallest absolute Gasteiger partial charge is 0.317 e. The zero-order valence-corrected chi connectivity index (χ0v) is 13.8. The van der Waals surface area contributed by atoms with Crippen LogP contribution in [0.5, 0.6) is 0 Å². The molecule has 1 heterocycles. The van der Waals surface area contributed by atoms with Crippen LogP contribution < -0.4 is 5.32 Å². The number of urea groups is 1. The van der Waals surface area contributed by atoms with Crippen LogP contribution in [0.4, 0.5) is 4.79 Å². The van der Waals surface area contributed by atoms with Gasteiger partial charge in [0, 0.05) is 24.5 Å². The summed E-state index contributed by atoms with van der Waals surface area (Å²) in [5, 5.41) is 3.65. The summed E-state index contributed by atoms with van der Waals surface area (Å²) in [7, 11) is 1.89. The van der Waals surface area contributed by atoms with Gasteiger partial charge in [0.2, 0.25) is 0 Å². The maximum atomic E-state index is 12.2. The fourth-order valence-electron chi connectivity index (χ4n) is 2.72. The Balaban J connectivity index is 1.80. The van der Waals surface area contributed by atoms with E-state index in [2.05, 4.69) is 22.2 Å². The second-order valence-corrected chi connectivity index (χ2v) is 6.99. The fourth-order valence-corrected chi connectivity index (χ4v) is 3.85. The first-order valence-corrected chi connectivity index (χ1v) is 8.55. The van der Waals surface area contributed by atoms with E-state index in [0.29, 0.717) is 17.8 Å². The van der Waals surface area contributed by atoms with E-state index in [4.69, 9.17) is 0 Å². The van der Waals surface area contributed by atoms with Crippen molar-refractivity contribution < 1.29 is 4.79 Å². The number of aryl methyl sites for hydroxylation is 1. The minimum atomic E-state index is -0.0154. The average molecular weight is 308 g/mol. The normalized spacial score (nSPS) is 21.3. The summed E-state index contributed by atoms with van der Waals surface area (Å²) < 4.78 is 0. The highest BCUT2D eigenvalue weighted by atomic mass is 32.2. The zero-order chi connectivity index (χ0) is 15.2. The lowest BCUT2D eigenvalue weighted by atomic mass is 10.2. The molecule has 0 radical (unpaired) electrons. The summed E-state index contributed by atoms with van der Waals surface area (Å²) in [5.41, 5.74) is 0.843. The first kappa shape index (κ1) is 16.1. The van der Waals surface area contributed by atoms with Gasteiger partial charge in [0.25, 0.3) is 0 Å². The van der Waals surface area contributed by atoms with Crippen molar-refractivity contribution >= 4 is 17.8 Å². The molecule has 0 aromatic carbocycles. The van der Waals surface area contributed by atoms with E-state index >= 15 is 0 Å². The molecule has 0 bridgehead atoms. The molecule has 0 aliphatic heterocycles. The summed E-state index contributed by atoms with van der Waals surface area (Å²) in [5.74, 6) is 1.88. The minimum Gasteiger partial charge on any atom is -0.332 e. The van der Waals surface area contributed by atoms with Gasteiger partial charge < -0.3 is 10.2 Å². The number of carbonyl (C=O) groups excluding carboxylic acids is 1. The number of hydrogen-bond acceptors (Lipinski definition) is 4. The molecule has 6 heteroatoms. The van der Waals surface area contributed by atoms with E-state index in [1.165, 1.54) is 6.42 Å². The van der Waals surface area contributed by atoms with Crippen molar-refractivity contribution in [2.45, 2.75) is 50.9 Å². The highest BCUT2D eigenvalue weighted by Gasteiger charge is 2.29. The summed E-state index contributed by atoms with van der Waals surface area (Å²) in [6.45, 7) is 4.49. The van der Waals surface area contributed by atoms with E-state index < -0.39 is 0 Å². The molecule has 0 spiro atoms. The molecule has 2 rings (SSSR count). The first-order chi connectivity index (χ1) is 10.1. The van der Waals surface area contributed by atoms with Crippen LogP contribution in [0.2, 0.25) is 0 Å². The number of nitrogens with zero attached hydrogens (tertiary/aromatic N) is 3. The maximum absolute atomic E-state index is 12.2. The van der Waals surface area contributed by atoms with Crippen LogP contribution in [0.3, 0.4) is 0 Å². The Morgan fingerprint density at radius 2 is 2.33 bits per heavy atom. The molecule has 1 saturated carbocycles. The van der Waals surface area contributed by atoms with Gasteiger partial charge in [0.05, 0.1) is 12.2 Å². The molecule has 5 nitrogen and oxygen atoms in total. The van der Waals surface area contributed by atoms with E-state index in [-0.39, 0.29) is 6.03 Å². The molecular formula is C15H24N4OS. The predicted molar refractivity (Wildman–Crippen MR) is 86.3 cm³/mol. The minimum absolute atomic E-state index is 0.0154. The van der Waals surface area contributed by atoms with Crippen LogP contribution in [0.25, 0.3) is 0 Å². The lowest BCUT2D eigenvalue weighted by Crippen LogP contribution is -2.42. The highest BCUT2D eigenvalue weighted by Crippen LogP contribution is 2.32. The Bertz CT molecular complexity index is 482. The van der Waals surface area contributed by atoms with Crippen LogP contribution in [-0.4, -0.2) is 45.0 Å². The zero-order valence-electron chi connectivity index (χ0n) is 13.0. The SMILES string of the molecule is CCSC1CCC(N(C)C(=O)NCc2ccnc(C)n2)C1. The quantitative estimate of drug-likeness (QED) is 0.908. The van der Waals surface area contributed by atoms with E-state index in [1.807, 2.05) is 36.7 Å². The van der Waals surface area contributed by atoms with Crippen LogP contribution in [-0.2, 0) is 6.54 Å². The monoisotopic (exact) mass is 308 g/mol. The highest BCUT2D eigenvalue weighted by molar-refractivity contribution is 7.99. The van der Waals surface area contributed by atoms with Crippen LogP contribution in [0.1, 0.15) is 37.7 Å². The number of carbonyl (C=O) groups is 1. The summed E-state index contributed by atoms with van der Waals surface area (Å²) >= 11 is 2.01. The van der Waals surface area contributed by atoms with Gasteiger partial charge in [0.15, 0.2) is 0 Å². The van der Waals surface area contributed by atoms with E-state index in [0.717, 1.165) is 30.1 Å². The molecular weight excluding hydrogens is 284 g/mol. The van der Waals surface area contributed by atoms with Gasteiger partial charge in [-0.1, -0.05) is 6.92 Å². The molecule has 1 aliphatic rings. The molecule has 1 N–H and O–H groups in total. The van der Waals surface area contributed by atoms with Gasteiger partial charge in [-0.25, -0.2) is 14.8 Å². The summed E-state index contributed by atoms with van der Waals surface area (Å²) in [4.78, 5) is 22.4. The molecule has 2 unspecified atom stereocenters. The van der Waals surface area contributed by atoms with Crippen molar-refractivity contribution in [3.8, 4) is 0 Å². The van der Waals surface area contributed by atoms with Gasteiger partial charge in [0.1, 0.15) is 5.82 Å². The van der Waals surface area contributed by atoms with Gasteiger partial charge in [-0.05, 0) is 38.0 Å². The molecule has 1 fully saturated rings. The van der Waals surface area contributed by atoms with Gasteiger partial charge in [-0.2, -0.15) is 11.8 Å². The van der Waals surface area contributed by atoms with Crippen molar-refractivity contribution in [1.82, 2.24) is 20.2 Å². The lowest BCUT2D eigenvalue weighted by Gasteiger charge is -2.25. The standard InChI is InChI=1S/C15H24N4OS/c1-4-21-14-6-5-13(9-14)19(3)15(20)17-10-12-7-8-16-11(2)18-12/h7-8,13-14H,4-6,9-10H2,1-3H3,(H,17,20). The number of amides is 2. The molecule has 21 heavy (non-hydrogen) atoms. The second kappa shape index (κ2) is 7.64. The topological polar surface area (TPSA) is 58.1 Å². The van der Waals surface area contributed by atoms with Crippen molar-refractivity contribution in [1.29, 1.82) is 0 Å². The molecule has 1 aliphatic carbocycles. The van der Waals surface area contributed by atoms with E-state index in [9.17, 15) is 4.79 Å². The van der Waals surface area contributed by atoms with E-state index in [1.54, 1.807) is 6.20 Å². The van der Waals surface area contributed by atoms with Gasteiger partial charge in [-0.3, -0.25) is 0 Å². The molecule has 1 aromatic heterocycles. The molecule has 2 amide bonds. The third kappa shape index (κ3) is 4.59. The lowest BCUT2D eigenvalue weighted by molar-refractivity contribution is 0.190. The number of aromatic nitrogens is 2. The predicted octanol–water partition coefficient (Wildman–Crippen LogP) is 2.60. The van der Waals surface area contributed by atoms with Gasteiger partial charge >= 0.3 is 6.03 Å². The number of rotatable bonds is 5. The summed E-state index contributed by atoms with van der Waals surface area (Å²) in [6.07, 6.45) is 5.15. The maximum Gasteiger partial charge on any atom is 0.317 e. The van der Waals surface area contributed by atoms with Crippen molar-refractivity contribution in [2.75, 3.05) is 12.8 Å². The number of nitrogens with one attached hydrogen (secondary N) is 1. The Hall–Kier alpha value is -1.30. The third-order valence-electron chi connectivity index (χ3n) is 3.88. The van der Waals surface area contributed by atoms with Crippen molar-refractivity contribution in [3.05, 3.63) is 23.8 Å². The molecule has 0 saturated heterocycles. The third-order valence-corrected chi connectivity index (χ3v) is 5.11. The summed E-state index contributed by atoms with van der Waals surface area (Å²) in [6, 6.07) is 2.18. The van der Waals surface area contributed by atoms with Crippen LogP contribution >= 0.6 is 11.8 Å². The van der Waals surface area contributed by atoms with Gasteiger partial charge in [-0.15, -0.1) is 0 Å². The Morgan fingerprint density at radius 1 is 1.52 bits per heavy atom. The number of thioether (sulfide) groups is 1. The average Bonchev–Trinajstić information content (AvgIpc) is 2.93. The molecule has 116 valence electrons. The van der Waals surface area contributed by atoms with Crippen molar-refractivity contribution in [2.24, 2.45) is 0 Å². The molecule has 1 aromatic rings. The molecule has 2 atom stereocenters. The fraction of sp³-hybridized carbons (Fsp3) is 0.667. The van der Waals surface area contributed by atoms with Crippen LogP contribution in [0, 0.1) is 6.92 Å². The Morgan fingerprint density at radius 3 is 3.05 bits per heavy atom. The Kier molecular flexibility index (Phi) is 5.85. The van der Waals surface area contributed by atoms with Crippen LogP contribution in [0.15, 0.2) is 12.3 Å². The number of hydrogen-bond donors (Lipinski definition) is 1.